The second kappa shape index (κ2) is 7.48. The molecule has 0 saturated heterocycles. The van der Waals surface area contributed by atoms with Crippen LogP contribution in [0, 0.1) is 0 Å². The summed E-state index contributed by atoms with van der Waals surface area (Å²) in [5.41, 5.74) is 2.43. The zero-order valence-electron chi connectivity index (χ0n) is 13.7. The lowest BCUT2D eigenvalue weighted by molar-refractivity contribution is 0.0950. The first-order valence-electron chi connectivity index (χ1n) is 7.91. The van der Waals surface area contributed by atoms with Crippen molar-refractivity contribution in [3.05, 3.63) is 71.6 Å². The summed E-state index contributed by atoms with van der Waals surface area (Å²) in [5, 5.41) is 6.99. The highest BCUT2D eigenvalue weighted by molar-refractivity contribution is 7.80. The monoisotopic (exact) mass is 413 g/mol. The molecule has 0 aliphatic carbocycles. The molecule has 2 N–H and O–H groups in total. The van der Waals surface area contributed by atoms with Crippen LogP contribution in [0.25, 0.3) is 20.8 Å². The summed E-state index contributed by atoms with van der Waals surface area (Å²) in [6.45, 7) is 0. The van der Waals surface area contributed by atoms with E-state index in [4.69, 9.17) is 28.2 Å². The Morgan fingerprint density at radius 3 is 2.78 bits per heavy atom. The number of benzene rings is 2. The van der Waals surface area contributed by atoms with Gasteiger partial charge in [-0.05, 0) is 48.6 Å². The van der Waals surface area contributed by atoms with Gasteiger partial charge in [-0.2, -0.15) is 0 Å². The Morgan fingerprint density at radius 2 is 2.00 bits per heavy atom. The summed E-state index contributed by atoms with van der Waals surface area (Å²) in [4.78, 5) is 16.7. The molecule has 4 aromatic rings. The van der Waals surface area contributed by atoms with Gasteiger partial charge in [-0.1, -0.05) is 29.8 Å². The van der Waals surface area contributed by atoms with E-state index in [0.717, 1.165) is 20.8 Å². The van der Waals surface area contributed by atoms with Crippen LogP contribution >= 0.6 is 35.2 Å². The van der Waals surface area contributed by atoms with Crippen molar-refractivity contribution in [3.8, 4) is 10.6 Å². The van der Waals surface area contributed by atoms with E-state index in [1.807, 2.05) is 36.4 Å². The highest BCUT2D eigenvalue weighted by atomic mass is 35.5. The molecular weight excluding hydrogens is 402 g/mol. The second-order valence-corrected chi connectivity index (χ2v) is 7.41. The van der Waals surface area contributed by atoms with Crippen molar-refractivity contribution in [2.45, 2.75) is 0 Å². The van der Waals surface area contributed by atoms with Crippen molar-refractivity contribution in [1.29, 1.82) is 0 Å². The standard InChI is InChI=1S/C19H12ClN3O2S2/c20-12-8-7-11(18-21-13-4-1-2-6-16(13)27-18)10-14(12)22-19(26)23-17(24)15-5-3-9-25-15/h1-10H,(H2,22,23,24,26). The maximum atomic E-state index is 12.0. The first-order chi connectivity index (χ1) is 13.1. The highest BCUT2D eigenvalue weighted by Gasteiger charge is 2.13. The largest absolute Gasteiger partial charge is 0.459 e. The number of halogens is 1. The van der Waals surface area contributed by atoms with E-state index in [0.29, 0.717) is 10.7 Å². The van der Waals surface area contributed by atoms with Crippen LogP contribution in [0.15, 0.2) is 65.3 Å². The van der Waals surface area contributed by atoms with E-state index < -0.39 is 5.91 Å². The van der Waals surface area contributed by atoms with E-state index in [2.05, 4.69) is 15.6 Å². The van der Waals surface area contributed by atoms with Crippen LogP contribution in [0.1, 0.15) is 10.6 Å². The number of hydrogen-bond donors (Lipinski definition) is 2. The highest BCUT2D eigenvalue weighted by Crippen LogP contribution is 2.33. The number of nitrogens with zero attached hydrogens (tertiary/aromatic N) is 1. The molecule has 5 nitrogen and oxygen atoms in total. The van der Waals surface area contributed by atoms with Crippen molar-refractivity contribution in [3.63, 3.8) is 0 Å². The molecule has 4 rings (SSSR count). The zero-order valence-corrected chi connectivity index (χ0v) is 16.1. The molecule has 0 radical (unpaired) electrons. The minimum Gasteiger partial charge on any atom is -0.459 e. The van der Waals surface area contributed by atoms with Gasteiger partial charge < -0.3 is 9.73 Å². The van der Waals surface area contributed by atoms with Gasteiger partial charge in [-0.3, -0.25) is 10.1 Å². The number of thiocarbonyl (C=S) groups is 1. The average molecular weight is 414 g/mol. The van der Waals surface area contributed by atoms with E-state index in [1.54, 1.807) is 29.5 Å². The number of anilines is 1. The maximum absolute atomic E-state index is 12.0. The number of carbonyl (C=O) groups excluding carboxylic acids is 1. The summed E-state index contributed by atoms with van der Waals surface area (Å²) in [5.74, 6) is -0.260. The van der Waals surface area contributed by atoms with Gasteiger partial charge in [0.1, 0.15) is 5.01 Å². The quantitative estimate of drug-likeness (QED) is 0.444. The number of carbonyl (C=O) groups is 1. The fourth-order valence-corrected chi connectivity index (χ4v) is 3.81. The fraction of sp³-hybridized carbons (Fsp3) is 0. The number of furan rings is 1. The molecule has 0 saturated carbocycles. The lowest BCUT2D eigenvalue weighted by atomic mass is 10.2. The Balaban J connectivity index is 1.55. The molecule has 0 fully saturated rings. The molecule has 2 aromatic heterocycles. The molecule has 0 spiro atoms. The summed E-state index contributed by atoms with van der Waals surface area (Å²) < 4.78 is 6.15. The van der Waals surface area contributed by atoms with Crippen LogP contribution < -0.4 is 10.6 Å². The Hall–Kier alpha value is -2.74. The molecule has 1 amide bonds. The van der Waals surface area contributed by atoms with Crippen LogP contribution in [-0.4, -0.2) is 16.0 Å². The topological polar surface area (TPSA) is 67.2 Å². The van der Waals surface area contributed by atoms with Gasteiger partial charge in [0.2, 0.25) is 0 Å². The summed E-state index contributed by atoms with van der Waals surface area (Å²) in [6, 6.07) is 16.7. The molecule has 8 heteroatoms. The number of para-hydroxylation sites is 1. The van der Waals surface area contributed by atoms with Crippen LogP contribution in [0.3, 0.4) is 0 Å². The Bertz CT molecular complexity index is 1110. The maximum Gasteiger partial charge on any atom is 0.293 e. The Labute approximate surface area is 169 Å². The summed E-state index contributed by atoms with van der Waals surface area (Å²) >= 11 is 13.1. The van der Waals surface area contributed by atoms with Crippen molar-refractivity contribution >= 4 is 62.1 Å². The Kier molecular flexibility index (Phi) is 4.89. The van der Waals surface area contributed by atoms with Crippen molar-refractivity contribution in [2.24, 2.45) is 0 Å². The van der Waals surface area contributed by atoms with Crippen LogP contribution in [0.4, 0.5) is 5.69 Å². The van der Waals surface area contributed by atoms with Crippen LogP contribution in [-0.2, 0) is 0 Å². The molecule has 0 aliphatic rings. The Morgan fingerprint density at radius 1 is 1.15 bits per heavy atom. The summed E-state index contributed by atoms with van der Waals surface area (Å²) in [7, 11) is 0. The summed E-state index contributed by atoms with van der Waals surface area (Å²) in [6.07, 6.45) is 1.42. The molecule has 134 valence electrons. The minimum absolute atomic E-state index is 0.125. The zero-order chi connectivity index (χ0) is 18.8. The van der Waals surface area contributed by atoms with Gasteiger partial charge >= 0.3 is 0 Å². The van der Waals surface area contributed by atoms with Crippen molar-refractivity contribution in [2.75, 3.05) is 5.32 Å². The average Bonchev–Trinajstić information content (AvgIpc) is 3.33. The normalized spacial score (nSPS) is 10.7. The third kappa shape index (κ3) is 3.85. The molecule has 2 aromatic carbocycles. The first-order valence-corrected chi connectivity index (χ1v) is 9.52. The molecule has 0 aliphatic heterocycles. The number of thiazole rings is 1. The molecule has 2 heterocycles. The third-order valence-corrected chi connectivity index (χ3v) is 5.35. The smallest absolute Gasteiger partial charge is 0.293 e. The molecule has 0 unspecified atom stereocenters. The number of hydrogen-bond acceptors (Lipinski definition) is 5. The molecule has 0 bridgehead atoms. The van der Waals surface area contributed by atoms with Crippen molar-refractivity contribution in [1.82, 2.24) is 10.3 Å². The van der Waals surface area contributed by atoms with E-state index in [1.165, 1.54) is 6.26 Å². The van der Waals surface area contributed by atoms with Crippen LogP contribution in [0.5, 0.6) is 0 Å². The molecule has 0 atom stereocenters. The number of nitrogens with one attached hydrogen (secondary N) is 2. The predicted octanol–water partition coefficient (Wildman–Crippen LogP) is 5.34. The van der Waals surface area contributed by atoms with E-state index in [9.17, 15) is 4.79 Å². The number of amides is 1. The lowest BCUT2D eigenvalue weighted by Crippen LogP contribution is -2.33. The number of rotatable bonds is 3. The lowest BCUT2D eigenvalue weighted by Gasteiger charge is -2.11. The van der Waals surface area contributed by atoms with Crippen LogP contribution in [0.2, 0.25) is 5.02 Å². The molecular formula is C19H12ClN3O2S2. The van der Waals surface area contributed by atoms with Gasteiger partial charge in [0, 0.05) is 5.56 Å². The van der Waals surface area contributed by atoms with Crippen molar-refractivity contribution < 1.29 is 9.21 Å². The SMILES string of the molecule is O=C(NC(=S)Nc1cc(-c2nc3ccccc3s2)ccc1Cl)c1ccco1. The van der Waals surface area contributed by atoms with E-state index in [-0.39, 0.29) is 10.9 Å². The van der Waals surface area contributed by atoms with Gasteiger partial charge in [0.05, 0.1) is 27.2 Å². The fourth-order valence-electron chi connectivity index (χ4n) is 2.48. The second-order valence-electron chi connectivity index (χ2n) is 5.57. The van der Waals surface area contributed by atoms with Gasteiger partial charge in [-0.25, -0.2) is 4.98 Å². The first kappa shape index (κ1) is 17.7. The predicted molar refractivity (Wildman–Crippen MR) is 112 cm³/mol. The molecule has 27 heavy (non-hydrogen) atoms. The third-order valence-electron chi connectivity index (χ3n) is 3.73. The minimum atomic E-state index is -0.434. The number of fused-ring (bicyclic) bond motifs is 1. The van der Waals surface area contributed by atoms with Gasteiger partial charge in [0.15, 0.2) is 10.9 Å². The van der Waals surface area contributed by atoms with E-state index >= 15 is 0 Å². The van der Waals surface area contributed by atoms with Gasteiger partial charge in [-0.15, -0.1) is 11.3 Å². The number of aromatic nitrogens is 1. The van der Waals surface area contributed by atoms with Gasteiger partial charge in [0.25, 0.3) is 5.91 Å².